The molecule has 1 heterocycles. The highest BCUT2D eigenvalue weighted by atomic mass is 35.5. The van der Waals surface area contributed by atoms with Gasteiger partial charge in [0.05, 0.1) is 6.04 Å². The van der Waals surface area contributed by atoms with Gasteiger partial charge in [-0.2, -0.15) is 0 Å². The van der Waals surface area contributed by atoms with Gasteiger partial charge in [0.1, 0.15) is 6.04 Å². The quantitative estimate of drug-likeness (QED) is 0.781. The molecule has 1 unspecified atom stereocenters. The first-order valence-electron chi connectivity index (χ1n) is 6.50. The molecular weight excluding hydrogens is 254 g/mol. The number of halogens is 1. The summed E-state index contributed by atoms with van der Waals surface area (Å²) in [5.74, 6) is -0.0809. The standard InChI is InChI=1S/C12H21N3O2.ClH/c1-2-9(13)12(17)15-7-3-4-10(15)11(16)14-8-5-6-8;/h8-10H,2-7,13H2,1H3,(H,14,16);1H/t9-,10?;/m0./s1. The summed E-state index contributed by atoms with van der Waals surface area (Å²) in [4.78, 5) is 25.6. The van der Waals surface area contributed by atoms with Crippen LogP contribution in [0.15, 0.2) is 0 Å². The summed E-state index contributed by atoms with van der Waals surface area (Å²) in [7, 11) is 0. The monoisotopic (exact) mass is 275 g/mol. The minimum atomic E-state index is -0.468. The molecule has 0 spiro atoms. The predicted molar refractivity (Wildman–Crippen MR) is 71.4 cm³/mol. The van der Waals surface area contributed by atoms with Crippen molar-refractivity contribution in [3.8, 4) is 0 Å². The van der Waals surface area contributed by atoms with Gasteiger partial charge in [-0.25, -0.2) is 0 Å². The first-order chi connectivity index (χ1) is 8.13. The number of likely N-dealkylation sites (tertiary alicyclic amines) is 1. The minimum absolute atomic E-state index is 0. The van der Waals surface area contributed by atoms with Gasteiger partial charge in [-0.1, -0.05) is 6.92 Å². The van der Waals surface area contributed by atoms with Gasteiger partial charge in [-0.3, -0.25) is 9.59 Å². The third kappa shape index (κ3) is 3.36. The molecule has 5 nitrogen and oxygen atoms in total. The summed E-state index contributed by atoms with van der Waals surface area (Å²) in [6, 6.07) is -0.412. The van der Waals surface area contributed by atoms with Crippen LogP contribution in [0, 0.1) is 0 Å². The Kier molecular flexibility index (Phi) is 5.41. The lowest BCUT2D eigenvalue weighted by Crippen LogP contribution is -2.51. The maximum atomic E-state index is 12.0. The lowest BCUT2D eigenvalue weighted by molar-refractivity contribution is -0.139. The summed E-state index contributed by atoms with van der Waals surface area (Å²) in [5, 5.41) is 2.96. The molecule has 0 bridgehead atoms. The number of rotatable bonds is 4. The predicted octanol–water partition coefficient (Wildman–Crippen LogP) is 0.415. The molecule has 1 saturated heterocycles. The Labute approximate surface area is 114 Å². The Morgan fingerprint density at radius 3 is 2.61 bits per heavy atom. The Morgan fingerprint density at radius 1 is 1.39 bits per heavy atom. The number of carbonyl (C=O) groups excluding carboxylic acids is 2. The molecule has 2 amide bonds. The van der Waals surface area contributed by atoms with Crippen LogP contribution in [0.4, 0.5) is 0 Å². The first-order valence-corrected chi connectivity index (χ1v) is 6.50. The summed E-state index contributed by atoms with van der Waals surface area (Å²) >= 11 is 0. The Bertz CT molecular complexity index is 320. The molecule has 2 fully saturated rings. The Hall–Kier alpha value is -0.810. The van der Waals surface area contributed by atoms with Crippen LogP contribution in [0.2, 0.25) is 0 Å². The molecule has 1 aliphatic carbocycles. The fourth-order valence-electron chi connectivity index (χ4n) is 2.22. The van der Waals surface area contributed by atoms with Crippen LogP contribution in [0.1, 0.15) is 39.0 Å². The molecule has 0 aromatic rings. The summed E-state index contributed by atoms with van der Waals surface area (Å²) in [6.45, 7) is 2.55. The van der Waals surface area contributed by atoms with E-state index in [-0.39, 0.29) is 30.3 Å². The van der Waals surface area contributed by atoms with Crippen LogP contribution in [0.25, 0.3) is 0 Å². The fraction of sp³-hybridized carbons (Fsp3) is 0.833. The van der Waals surface area contributed by atoms with E-state index in [1.165, 1.54) is 0 Å². The topological polar surface area (TPSA) is 75.4 Å². The second-order valence-corrected chi connectivity index (χ2v) is 4.99. The highest BCUT2D eigenvalue weighted by molar-refractivity contribution is 5.90. The molecule has 0 aromatic heterocycles. The summed E-state index contributed by atoms with van der Waals surface area (Å²) < 4.78 is 0. The molecule has 6 heteroatoms. The SMILES string of the molecule is CC[C@H](N)C(=O)N1CCCC1C(=O)NC1CC1.Cl. The number of hydrogen-bond acceptors (Lipinski definition) is 3. The van der Waals surface area contributed by atoms with Gasteiger partial charge < -0.3 is 16.0 Å². The van der Waals surface area contributed by atoms with Crippen LogP contribution < -0.4 is 11.1 Å². The van der Waals surface area contributed by atoms with Crippen molar-refractivity contribution in [3.63, 3.8) is 0 Å². The van der Waals surface area contributed by atoms with Crippen molar-refractivity contribution >= 4 is 24.2 Å². The second kappa shape index (κ2) is 6.38. The zero-order chi connectivity index (χ0) is 12.4. The molecule has 0 aromatic carbocycles. The summed E-state index contributed by atoms with van der Waals surface area (Å²) in [6.07, 6.45) is 4.42. The van der Waals surface area contributed by atoms with E-state index in [0.717, 1.165) is 25.7 Å². The fourth-order valence-corrected chi connectivity index (χ4v) is 2.22. The number of nitrogens with zero attached hydrogens (tertiary/aromatic N) is 1. The molecule has 3 N–H and O–H groups in total. The number of amides is 2. The van der Waals surface area contributed by atoms with E-state index in [1.807, 2.05) is 6.92 Å². The number of nitrogens with one attached hydrogen (secondary N) is 1. The first kappa shape index (κ1) is 15.2. The van der Waals surface area contributed by atoms with Crippen LogP contribution in [-0.4, -0.2) is 41.4 Å². The third-order valence-corrected chi connectivity index (χ3v) is 3.52. The van der Waals surface area contributed by atoms with Crippen LogP contribution in [0.3, 0.4) is 0 Å². The maximum absolute atomic E-state index is 12.0. The van der Waals surface area contributed by atoms with E-state index in [4.69, 9.17) is 5.73 Å². The zero-order valence-electron chi connectivity index (χ0n) is 10.7. The van der Waals surface area contributed by atoms with Gasteiger partial charge in [0, 0.05) is 12.6 Å². The molecule has 2 atom stereocenters. The zero-order valence-corrected chi connectivity index (χ0v) is 11.5. The van der Waals surface area contributed by atoms with E-state index >= 15 is 0 Å². The van der Waals surface area contributed by atoms with Crippen molar-refractivity contribution in [1.29, 1.82) is 0 Å². The van der Waals surface area contributed by atoms with Gasteiger partial charge in [0.15, 0.2) is 0 Å². The van der Waals surface area contributed by atoms with Crippen molar-refractivity contribution in [2.75, 3.05) is 6.54 Å². The molecular formula is C12H22ClN3O2. The van der Waals surface area contributed by atoms with Gasteiger partial charge in [0.2, 0.25) is 11.8 Å². The van der Waals surface area contributed by atoms with Crippen molar-refractivity contribution in [2.45, 2.75) is 57.2 Å². The number of carbonyl (C=O) groups is 2. The lowest BCUT2D eigenvalue weighted by Gasteiger charge is -2.26. The third-order valence-electron chi connectivity index (χ3n) is 3.52. The highest BCUT2D eigenvalue weighted by Gasteiger charge is 2.37. The van der Waals surface area contributed by atoms with Gasteiger partial charge >= 0.3 is 0 Å². The van der Waals surface area contributed by atoms with E-state index in [1.54, 1.807) is 4.90 Å². The molecule has 104 valence electrons. The molecule has 0 radical (unpaired) electrons. The van der Waals surface area contributed by atoms with Crippen LogP contribution in [0.5, 0.6) is 0 Å². The lowest BCUT2D eigenvalue weighted by atomic mass is 10.1. The van der Waals surface area contributed by atoms with Crippen LogP contribution >= 0.6 is 12.4 Å². The molecule has 2 rings (SSSR count). The largest absolute Gasteiger partial charge is 0.352 e. The van der Waals surface area contributed by atoms with Crippen molar-refractivity contribution in [3.05, 3.63) is 0 Å². The van der Waals surface area contributed by atoms with Crippen molar-refractivity contribution in [1.82, 2.24) is 10.2 Å². The van der Waals surface area contributed by atoms with Gasteiger partial charge in [-0.15, -0.1) is 12.4 Å². The van der Waals surface area contributed by atoms with E-state index in [0.29, 0.717) is 19.0 Å². The van der Waals surface area contributed by atoms with Gasteiger partial charge in [-0.05, 0) is 32.1 Å². The normalized spacial score (nSPS) is 24.3. The Morgan fingerprint density at radius 2 is 2.06 bits per heavy atom. The summed E-state index contributed by atoms with van der Waals surface area (Å²) in [5.41, 5.74) is 5.75. The molecule has 2 aliphatic rings. The number of hydrogen-bond donors (Lipinski definition) is 2. The average molecular weight is 276 g/mol. The van der Waals surface area contributed by atoms with E-state index in [2.05, 4.69) is 5.32 Å². The average Bonchev–Trinajstić information content (AvgIpc) is 2.99. The van der Waals surface area contributed by atoms with Gasteiger partial charge in [0.25, 0.3) is 0 Å². The van der Waals surface area contributed by atoms with Crippen LogP contribution in [-0.2, 0) is 9.59 Å². The smallest absolute Gasteiger partial charge is 0.243 e. The van der Waals surface area contributed by atoms with Crippen molar-refractivity contribution < 1.29 is 9.59 Å². The van der Waals surface area contributed by atoms with E-state index in [9.17, 15) is 9.59 Å². The Balaban J connectivity index is 0.00000162. The molecule has 18 heavy (non-hydrogen) atoms. The van der Waals surface area contributed by atoms with E-state index < -0.39 is 6.04 Å². The highest BCUT2D eigenvalue weighted by Crippen LogP contribution is 2.22. The molecule has 1 saturated carbocycles. The number of nitrogens with two attached hydrogens (primary N) is 1. The maximum Gasteiger partial charge on any atom is 0.243 e. The molecule has 1 aliphatic heterocycles. The minimum Gasteiger partial charge on any atom is -0.352 e. The second-order valence-electron chi connectivity index (χ2n) is 4.99. The van der Waals surface area contributed by atoms with Crippen molar-refractivity contribution in [2.24, 2.45) is 5.73 Å².